The molecule has 0 bridgehead atoms. The lowest BCUT2D eigenvalue weighted by Crippen LogP contribution is -2.40. The van der Waals surface area contributed by atoms with E-state index in [0.29, 0.717) is 37.4 Å². The number of imidazole rings is 1. The maximum Gasteiger partial charge on any atom is 0.337 e. The summed E-state index contributed by atoms with van der Waals surface area (Å²) in [6.45, 7) is 4.43. The summed E-state index contributed by atoms with van der Waals surface area (Å²) < 4.78 is 39.8. The molecular formula is C25H30ClN3O5S. The topological polar surface area (TPSA) is 90.7 Å². The highest BCUT2D eigenvalue weighted by atomic mass is 35.5. The third-order valence-corrected chi connectivity index (χ3v) is 7.74. The second kappa shape index (κ2) is 11.8. The summed E-state index contributed by atoms with van der Waals surface area (Å²) in [6, 6.07) is 12.3. The van der Waals surface area contributed by atoms with Crippen molar-refractivity contribution in [3.05, 3.63) is 59.4 Å². The number of nitrogens with zero attached hydrogens (tertiary/aromatic N) is 3. The van der Waals surface area contributed by atoms with Crippen molar-refractivity contribution in [3.63, 3.8) is 0 Å². The van der Waals surface area contributed by atoms with Gasteiger partial charge in [0.15, 0.2) is 0 Å². The number of methoxy groups -OCH3 is 1. The molecule has 0 amide bonds. The largest absolute Gasteiger partial charge is 0.465 e. The van der Waals surface area contributed by atoms with Gasteiger partial charge in [-0.1, -0.05) is 31.6 Å². The fraction of sp³-hybridized carbons (Fsp3) is 0.360. The number of halogens is 1. The van der Waals surface area contributed by atoms with Gasteiger partial charge in [-0.2, -0.15) is 4.31 Å². The molecule has 35 heavy (non-hydrogen) atoms. The van der Waals surface area contributed by atoms with Crippen molar-refractivity contribution in [2.75, 3.05) is 33.4 Å². The van der Waals surface area contributed by atoms with Crippen LogP contribution in [0, 0.1) is 0 Å². The summed E-state index contributed by atoms with van der Waals surface area (Å²) in [5.41, 5.74) is 2.95. The number of rotatable bonds is 8. The molecule has 1 aromatic heterocycles. The van der Waals surface area contributed by atoms with Crippen LogP contribution in [0.2, 0.25) is 0 Å². The van der Waals surface area contributed by atoms with Crippen LogP contribution in [0.15, 0.2) is 47.4 Å². The average molecular weight is 520 g/mol. The highest BCUT2D eigenvalue weighted by Gasteiger charge is 2.27. The summed E-state index contributed by atoms with van der Waals surface area (Å²) in [5, 5.41) is 0. The van der Waals surface area contributed by atoms with Crippen molar-refractivity contribution >= 4 is 51.6 Å². The van der Waals surface area contributed by atoms with Gasteiger partial charge < -0.3 is 14.0 Å². The Morgan fingerprint density at radius 1 is 1.11 bits per heavy atom. The van der Waals surface area contributed by atoms with Crippen LogP contribution in [-0.4, -0.2) is 61.7 Å². The number of unbranched alkanes of at least 4 members (excludes halogenated alkanes) is 1. The number of esters is 1. The number of hydrogen-bond acceptors (Lipinski definition) is 6. The lowest BCUT2D eigenvalue weighted by molar-refractivity contribution is 0.0600. The fourth-order valence-electron chi connectivity index (χ4n) is 3.92. The first kappa shape index (κ1) is 26.9. The van der Waals surface area contributed by atoms with E-state index in [-0.39, 0.29) is 23.3 Å². The first-order valence-corrected chi connectivity index (χ1v) is 12.8. The minimum atomic E-state index is -3.59. The van der Waals surface area contributed by atoms with Crippen LogP contribution in [0.5, 0.6) is 0 Å². The normalized spacial score (nSPS) is 14.8. The molecule has 8 nitrogen and oxygen atoms in total. The number of aromatic nitrogens is 2. The second-order valence-corrected chi connectivity index (χ2v) is 10.0. The number of fused-ring (bicyclic) bond motifs is 1. The maximum absolute atomic E-state index is 13.1. The van der Waals surface area contributed by atoms with Crippen molar-refractivity contribution < 1.29 is 22.7 Å². The SMILES string of the molecule is CCCCn1c(C=Cc2ccc(C(=O)OC)cc2)nc2cc(S(=O)(=O)N3CCOCC3)ccc21.Cl. The minimum Gasteiger partial charge on any atom is -0.465 e. The monoisotopic (exact) mass is 519 g/mol. The maximum atomic E-state index is 13.1. The van der Waals surface area contributed by atoms with E-state index in [0.717, 1.165) is 36.3 Å². The molecule has 4 rings (SSSR count). The van der Waals surface area contributed by atoms with E-state index in [4.69, 9.17) is 14.5 Å². The van der Waals surface area contributed by atoms with Crippen LogP contribution < -0.4 is 0 Å². The lowest BCUT2D eigenvalue weighted by atomic mass is 10.1. The first-order valence-electron chi connectivity index (χ1n) is 11.4. The lowest BCUT2D eigenvalue weighted by Gasteiger charge is -2.26. The minimum absolute atomic E-state index is 0. The molecule has 0 unspecified atom stereocenters. The van der Waals surface area contributed by atoms with E-state index in [1.165, 1.54) is 11.4 Å². The number of sulfonamides is 1. The molecule has 1 aliphatic rings. The van der Waals surface area contributed by atoms with Gasteiger partial charge in [0.05, 0.1) is 41.8 Å². The van der Waals surface area contributed by atoms with Gasteiger partial charge >= 0.3 is 5.97 Å². The standard InChI is InChI=1S/C25H29N3O5S.ClH/c1-3-4-13-28-23-11-10-21(34(30,31)27-14-16-33-17-15-27)18-22(23)26-24(28)12-7-19-5-8-20(9-6-19)25(29)32-2;/h5-12,18H,3-4,13-17H2,1-2H3;1H. The Kier molecular flexibility index (Phi) is 9.07. The second-order valence-electron chi connectivity index (χ2n) is 8.09. The average Bonchev–Trinajstić information content (AvgIpc) is 3.23. The third kappa shape index (κ3) is 5.92. The van der Waals surface area contributed by atoms with Gasteiger partial charge in [0, 0.05) is 19.6 Å². The highest BCUT2D eigenvalue weighted by Crippen LogP contribution is 2.25. The Hall–Kier alpha value is -2.72. The van der Waals surface area contributed by atoms with Crippen LogP contribution >= 0.6 is 12.4 Å². The van der Waals surface area contributed by atoms with E-state index >= 15 is 0 Å². The number of carbonyl (C=O) groups excluding carboxylic acids is 1. The van der Waals surface area contributed by atoms with E-state index in [2.05, 4.69) is 11.5 Å². The summed E-state index contributed by atoms with van der Waals surface area (Å²) in [6.07, 6.45) is 5.85. The number of aryl methyl sites for hydroxylation is 1. The van der Waals surface area contributed by atoms with Crippen molar-refractivity contribution in [2.24, 2.45) is 0 Å². The molecule has 3 aromatic rings. The summed E-state index contributed by atoms with van der Waals surface area (Å²) in [5.74, 6) is 0.376. The van der Waals surface area contributed by atoms with Crippen LogP contribution in [0.1, 0.15) is 41.5 Å². The van der Waals surface area contributed by atoms with Gasteiger partial charge in [-0.05, 0) is 48.4 Å². The molecule has 1 saturated heterocycles. The molecule has 0 saturated carbocycles. The number of morpholine rings is 1. The summed E-state index contributed by atoms with van der Waals surface area (Å²) in [7, 11) is -2.24. The van der Waals surface area contributed by atoms with E-state index in [1.54, 1.807) is 24.3 Å². The zero-order valence-corrected chi connectivity index (χ0v) is 21.5. The van der Waals surface area contributed by atoms with Gasteiger partial charge in [0.25, 0.3) is 0 Å². The Bertz CT molecular complexity index is 1300. The first-order chi connectivity index (χ1) is 16.4. The van der Waals surface area contributed by atoms with Gasteiger partial charge in [-0.25, -0.2) is 18.2 Å². The molecule has 1 fully saturated rings. The van der Waals surface area contributed by atoms with E-state index in [1.807, 2.05) is 30.4 Å². The molecule has 0 radical (unpaired) electrons. The van der Waals surface area contributed by atoms with Gasteiger partial charge in [-0.3, -0.25) is 0 Å². The van der Waals surface area contributed by atoms with Crippen molar-refractivity contribution in [1.29, 1.82) is 0 Å². The van der Waals surface area contributed by atoms with Gasteiger partial charge in [-0.15, -0.1) is 12.4 Å². The molecule has 2 aromatic carbocycles. The highest BCUT2D eigenvalue weighted by molar-refractivity contribution is 7.89. The molecule has 0 N–H and O–H groups in total. The number of ether oxygens (including phenoxy) is 2. The quantitative estimate of drug-likeness (QED) is 0.413. The zero-order chi connectivity index (χ0) is 24.1. The molecular weight excluding hydrogens is 490 g/mol. The summed E-state index contributed by atoms with van der Waals surface area (Å²) in [4.78, 5) is 16.6. The molecule has 0 aliphatic carbocycles. The van der Waals surface area contributed by atoms with Gasteiger partial charge in [0.2, 0.25) is 10.0 Å². The molecule has 0 atom stereocenters. The fourth-order valence-corrected chi connectivity index (χ4v) is 5.35. The third-order valence-electron chi connectivity index (χ3n) is 5.85. The molecule has 2 heterocycles. The number of hydrogen-bond donors (Lipinski definition) is 0. The Morgan fingerprint density at radius 3 is 2.49 bits per heavy atom. The van der Waals surface area contributed by atoms with E-state index in [9.17, 15) is 13.2 Å². The molecule has 10 heteroatoms. The Morgan fingerprint density at radius 2 is 1.83 bits per heavy atom. The number of benzene rings is 2. The smallest absolute Gasteiger partial charge is 0.337 e. The predicted octanol–water partition coefficient (Wildman–Crippen LogP) is 4.24. The van der Waals surface area contributed by atoms with Crippen molar-refractivity contribution in [1.82, 2.24) is 13.9 Å². The van der Waals surface area contributed by atoms with Crippen LogP contribution in [-0.2, 0) is 26.0 Å². The van der Waals surface area contributed by atoms with Crippen molar-refractivity contribution in [2.45, 2.75) is 31.2 Å². The van der Waals surface area contributed by atoms with Crippen molar-refractivity contribution in [3.8, 4) is 0 Å². The van der Waals surface area contributed by atoms with Crippen LogP contribution in [0.3, 0.4) is 0 Å². The molecule has 1 aliphatic heterocycles. The summed E-state index contributed by atoms with van der Waals surface area (Å²) >= 11 is 0. The Balaban J connectivity index is 0.00000342. The van der Waals surface area contributed by atoms with Crippen LogP contribution in [0.4, 0.5) is 0 Å². The van der Waals surface area contributed by atoms with E-state index < -0.39 is 10.0 Å². The van der Waals surface area contributed by atoms with Crippen LogP contribution in [0.25, 0.3) is 23.2 Å². The molecule has 188 valence electrons. The molecule has 0 spiro atoms. The number of carbonyl (C=O) groups is 1. The zero-order valence-electron chi connectivity index (χ0n) is 19.8. The van der Waals surface area contributed by atoms with Gasteiger partial charge in [0.1, 0.15) is 5.82 Å². The predicted molar refractivity (Wildman–Crippen MR) is 138 cm³/mol. The Labute approximate surface area is 212 Å².